The number of carbonyl (C=O) groups excluding carboxylic acids is 1. The number of benzene rings is 2. The Morgan fingerprint density at radius 2 is 1.96 bits per heavy atom. The van der Waals surface area contributed by atoms with Crippen LogP contribution in [0.5, 0.6) is 0 Å². The number of nitrogens with zero attached hydrogens (tertiary/aromatic N) is 2. The molecule has 0 unspecified atom stereocenters. The number of aliphatic imine (C=N–C) groups is 1. The summed E-state index contributed by atoms with van der Waals surface area (Å²) in [6.07, 6.45) is 0.506. The van der Waals surface area contributed by atoms with Gasteiger partial charge in [0.25, 0.3) is 0 Å². The van der Waals surface area contributed by atoms with Crippen molar-refractivity contribution in [2.45, 2.75) is 6.92 Å². The predicted octanol–water partition coefficient (Wildman–Crippen LogP) is 2.90. The number of para-hydroxylation sites is 1. The van der Waals surface area contributed by atoms with Crippen LogP contribution in [-0.2, 0) is 4.79 Å². The molecule has 0 aliphatic carbocycles. The maximum absolute atomic E-state index is 10.5. The number of pyridine rings is 1. The third-order valence-electron chi connectivity index (χ3n) is 3.54. The van der Waals surface area contributed by atoms with Crippen LogP contribution < -0.4 is 11.1 Å². The number of hydrogen-bond donors (Lipinski definition) is 2. The van der Waals surface area contributed by atoms with Crippen molar-refractivity contribution >= 4 is 29.0 Å². The molecule has 0 saturated heterocycles. The minimum absolute atomic E-state index is 0.0491. The summed E-state index contributed by atoms with van der Waals surface area (Å²) in [7, 11) is 0. The van der Waals surface area contributed by atoms with Crippen LogP contribution in [0.2, 0.25) is 0 Å². The summed E-state index contributed by atoms with van der Waals surface area (Å²) in [5, 5.41) is 3.25. The Morgan fingerprint density at radius 3 is 2.70 bits per heavy atom. The van der Waals surface area contributed by atoms with Crippen molar-refractivity contribution in [3.8, 4) is 11.3 Å². The van der Waals surface area contributed by atoms with Crippen LogP contribution in [0, 0.1) is 6.92 Å². The Balaban J connectivity index is 2.26. The lowest BCUT2D eigenvalue weighted by atomic mass is 10.1. The second-order valence-electron chi connectivity index (χ2n) is 5.12. The molecule has 0 fully saturated rings. The van der Waals surface area contributed by atoms with Crippen LogP contribution in [0.1, 0.15) is 5.56 Å². The van der Waals surface area contributed by atoms with Crippen LogP contribution in [0.15, 0.2) is 59.6 Å². The van der Waals surface area contributed by atoms with E-state index >= 15 is 0 Å². The number of guanidine groups is 1. The number of nitrogens with one attached hydrogen (secondary N) is 1. The largest absolute Gasteiger partial charge is 0.369 e. The number of fused-ring (bicyclic) bond motifs is 1. The number of nitrogens with two attached hydrogens (primary N) is 1. The molecule has 3 N–H and O–H groups in total. The molecule has 3 rings (SSSR count). The molecular weight excluding hydrogens is 288 g/mol. The maximum Gasteiger partial charge on any atom is 0.213 e. The van der Waals surface area contributed by atoms with Gasteiger partial charge < -0.3 is 5.73 Å². The first kappa shape index (κ1) is 14.7. The third kappa shape index (κ3) is 3.03. The highest BCUT2D eigenvalue weighted by Gasteiger charge is 2.09. The van der Waals surface area contributed by atoms with Crippen LogP contribution in [-0.4, -0.2) is 17.4 Å². The van der Waals surface area contributed by atoms with Crippen molar-refractivity contribution in [1.29, 1.82) is 0 Å². The van der Waals surface area contributed by atoms with Crippen molar-refractivity contribution in [3.05, 3.63) is 60.2 Å². The quantitative estimate of drug-likeness (QED) is 0.443. The molecule has 0 spiro atoms. The lowest BCUT2D eigenvalue weighted by molar-refractivity contribution is -0.108. The molecule has 5 nitrogen and oxygen atoms in total. The molecule has 0 aliphatic heterocycles. The number of aryl methyl sites for hydroxylation is 1. The van der Waals surface area contributed by atoms with Gasteiger partial charge in [-0.05, 0) is 18.6 Å². The zero-order valence-corrected chi connectivity index (χ0v) is 12.7. The molecule has 0 aliphatic rings. The van der Waals surface area contributed by atoms with Crippen molar-refractivity contribution < 1.29 is 4.79 Å². The number of amides is 1. The van der Waals surface area contributed by atoms with E-state index in [2.05, 4.69) is 10.3 Å². The Hall–Kier alpha value is -3.21. The van der Waals surface area contributed by atoms with Crippen LogP contribution in [0.4, 0.5) is 5.69 Å². The molecule has 1 aromatic heterocycles. The smallest absolute Gasteiger partial charge is 0.213 e. The Morgan fingerprint density at radius 1 is 1.17 bits per heavy atom. The monoisotopic (exact) mass is 304 g/mol. The van der Waals surface area contributed by atoms with Crippen molar-refractivity contribution in [1.82, 2.24) is 10.3 Å². The zero-order valence-electron chi connectivity index (χ0n) is 12.7. The second-order valence-corrected chi connectivity index (χ2v) is 5.12. The summed E-state index contributed by atoms with van der Waals surface area (Å²) < 4.78 is 0. The van der Waals surface area contributed by atoms with Crippen LogP contribution in [0.25, 0.3) is 22.2 Å². The summed E-state index contributed by atoms with van der Waals surface area (Å²) >= 11 is 0. The first-order chi connectivity index (χ1) is 11.2. The zero-order chi connectivity index (χ0) is 16.2. The molecular formula is C18H16N4O. The fraction of sp³-hybridized carbons (Fsp3) is 0.0556. The molecule has 0 radical (unpaired) electrons. The van der Waals surface area contributed by atoms with E-state index in [1.807, 2.05) is 61.5 Å². The molecule has 114 valence electrons. The van der Waals surface area contributed by atoms with Crippen molar-refractivity contribution in [2.75, 3.05) is 0 Å². The van der Waals surface area contributed by atoms with Gasteiger partial charge in [0.2, 0.25) is 6.41 Å². The van der Waals surface area contributed by atoms with Gasteiger partial charge in [-0.15, -0.1) is 0 Å². The lowest BCUT2D eigenvalue weighted by Crippen LogP contribution is -2.29. The summed E-state index contributed by atoms with van der Waals surface area (Å²) in [6.45, 7) is 2.00. The molecule has 5 heteroatoms. The van der Waals surface area contributed by atoms with Crippen LogP contribution in [0.3, 0.4) is 0 Å². The summed E-state index contributed by atoms with van der Waals surface area (Å²) in [5.41, 5.74) is 10.1. The average molecular weight is 304 g/mol. The molecule has 0 bridgehead atoms. The van der Waals surface area contributed by atoms with E-state index in [9.17, 15) is 4.79 Å². The number of carbonyl (C=O) groups is 1. The Kier molecular flexibility index (Phi) is 4.01. The van der Waals surface area contributed by atoms with Gasteiger partial charge >= 0.3 is 0 Å². The number of rotatable bonds is 3. The average Bonchev–Trinajstić information content (AvgIpc) is 2.56. The predicted molar refractivity (Wildman–Crippen MR) is 92.4 cm³/mol. The SMILES string of the molecule is Cc1cccc2c(N=C(N)NC=O)cc(-c3ccccc3)nc12. The summed E-state index contributed by atoms with van der Waals surface area (Å²) in [5.74, 6) is 0.0491. The number of aromatic nitrogens is 1. The highest BCUT2D eigenvalue weighted by molar-refractivity contribution is 5.98. The first-order valence-corrected chi connectivity index (χ1v) is 7.19. The van der Waals surface area contributed by atoms with Crippen LogP contribution >= 0.6 is 0 Å². The Labute approximate surface area is 133 Å². The van der Waals surface area contributed by atoms with Crippen molar-refractivity contribution in [3.63, 3.8) is 0 Å². The molecule has 3 aromatic rings. The number of hydrogen-bond acceptors (Lipinski definition) is 3. The highest BCUT2D eigenvalue weighted by atomic mass is 16.1. The van der Waals surface area contributed by atoms with E-state index in [-0.39, 0.29) is 5.96 Å². The van der Waals surface area contributed by atoms with Gasteiger partial charge in [0.05, 0.1) is 16.9 Å². The molecule has 2 aromatic carbocycles. The minimum atomic E-state index is 0.0491. The van der Waals surface area contributed by atoms with Gasteiger partial charge in [-0.3, -0.25) is 10.1 Å². The van der Waals surface area contributed by atoms with E-state index in [0.717, 1.165) is 27.7 Å². The highest BCUT2D eigenvalue weighted by Crippen LogP contribution is 2.31. The standard InChI is InChI=1S/C18H16N4O/c1-12-6-5-9-14-16(22-18(19)20-11-23)10-15(21-17(12)14)13-7-3-2-4-8-13/h2-11H,1H3,(H3,19,20,21,22,23). The normalized spacial score (nSPS) is 11.4. The van der Waals surface area contributed by atoms with Gasteiger partial charge in [-0.25, -0.2) is 9.98 Å². The molecule has 23 heavy (non-hydrogen) atoms. The fourth-order valence-electron chi connectivity index (χ4n) is 2.45. The van der Waals surface area contributed by atoms with Gasteiger partial charge in [-0.2, -0.15) is 0 Å². The third-order valence-corrected chi connectivity index (χ3v) is 3.54. The van der Waals surface area contributed by atoms with E-state index in [1.54, 1.807) is 0 Å². The minimum Gasteiger partial charge on any atom is -0.369 e. The Bertz CT molecular complexity index is 888. The van der Waals surface area contributed by atoms with E-state index in [0.29, 0.717) is 12.1 Å². The molecule has 1 amide bonds. The summed E-state index contributed by atoms with van der Waals surface area (Å²) in [6, 6.07) is 17.6. The van der Waals surface area contributed by atoms with Gasteiger partial charge in [0.15, 0.2) is 5.96 Å². The van der Waals surface area contributed by atoms with Gasteiger partial charge in [0.1, 0.15) is 0 Å². The first-order valence-electron chi connectivity index (χ1n) is 7.19. The lowest BCUT2D eigenvalue weighted by Gasteiger charge is -2.09. The van der Waals surface area contributed by atoms with Gasteiger partial charge in [-0.1, -0.05) is 48.5 Å². The van der Waals surface area contributed by atoms with Crippen molar-refractivity contribution in [2.24, 2.45) is 10.7 Å². The van der Waals surface area contributed by atoms with E-state index in [4.69, 9.17) is 10.7 Å². The second kappa shape index (κ2) is 6.27. The fourth-order valence-corrected chi connectivity index (χ4v) is 2.45. The van der Waals surface area contributed by atoms with Gasteiger partial charge in [0, 0.05) is 10.9 Å². The maximum atomic E-state index is 10.5. The van der Waals surface area contributed by atoms with E-state index in [1.165, 1.54) is 0 Å². The topological polar surface area (TPSA) is 80.4 Å². The molecule has 1 heterocycles. The van der Waals surface area contributed by atoms with E-state index < -0.39 is 0 Å². The molecule has 0 atom stereocenters. The molecule has 0 saturated carbocycles. The summed E-state index contributed by atoms with van der Waals surface area (Å²) in [4.78, 5) is 19.6.